The zero-order valence-electron chi connectivity index (χ0n) is 11.7. The average Bonchev–Trinajstić information content (AvgIpc) is 2.80. The Labute approximate surface area is 119 Å². The monoisotopic (exact) mass is 277 g/mol. The summed E-state index contributed by atoms with van der Waals surface area (Å²) in [6, 6.07) is 3.99. The van der Waals surface area contributed by atoms with E-state index in [1.165, 1.54) is 5.56 Å². The van der Waals surface area contributed by atoms with Gasteiger partial charge in [-0.2, -0.15) is 0 Å². The van der Waals surface area contributed by atoms with Crippen molar-refractivity contribution in [1.29, 1.82) is 0 Å². The third kappa shape index (κ3) is 2.02. The van der Waals surface area contributed by atoms with Gasteiger partial charge in [0.2, 0.25) is 0 Å². The van der Waals surface area contributed by atoms with Crippen LogP contribution in [0.2, 0.25) is 5.02 Å². The van der Waals surface area contributed by atoms with Gasteiger partial charge in [0.1, 0.15) is 0 Å². The van der Waals surface area contributed by atoms with Crippen LogP contribution in [0.15, 0.2) is 17.1 Å². The molecule has 3 nitrogen and oxygen atoms in total. The van der Waals surface area contributed by atoms with Gasteiger partial charge in [0.05, 0.1) is 17.7 Å². The lowest BCUT2D eigenvalue weighted by molar-refractivity contribution is 0.00578. The molecule has 19 heavy (non-hydrogen) atoms. The van der Waals surface area contributed by atoms with Crippen LogP contribution in [0.3, 0.4) is 0 Å². The molecule has 0 spiro atoms. The summed E-state index contributed by atoms with van der Waals surface area (Å²) in [5, 5.41) is 0.672. The smallest absolute Gasteiger partial charge is 0.399 e. The lowest BCUT2D eigenvalue weighted by atomic mass is 9.77. The minimum atomic E-state index is -0.414. The summed E-state index contributed by atoms with van der Waals surface area (Å²) >= 11 is 6.35. The van der Waals surface area contributed by atoms with E-state index in [9.17, 15) is 0 Å². The lowest BCUT2D eigenvalue weighted by Gasteiger charge is -2.32. The minimum Gasteiger partial charge on any atom is -0.399 e. The maximum Gasteiger partial charge on any atom is 0.496 e. The second kappa shape index (κ2) is 4.08. The molecule has 0 radical (unpaired) electrons. The van der Waals surface area contributed by atoms with Crippen molar-refractivity contribution >= 4 is 30.4 Å². The van der Waals surface area contributed by atoms with E-state index in [4.69, 9.17) is 20.9 Å². The Morgan fingerprint density at radius 1 is 1.16 bits per heavy atom. The van der Waals surface area contributed by atoms with Gasteiger partial charge in [-0.05, 0) is 44.9 Å². The average molecular weight is 278 g/mol. The van der Waals surface area contributed by atoms with E-state index in [1.54, 1.807) is 0 Å². The third-order valence-corrected chi connectivity index (χ3v) is 4.59. The number of benzene rings is 1. The van der Waals surface area contributed by atoms with Gasteiger partial charge in [-0.3, -0.25) is 4.99 Å². The number of hydrogen-bond acceptors (Lipinski definition) is 3. The first-order chi connectivity index (χ1) is 8.80. The van der Waals surface area contributed by atoms with Crippen molar-refractivity contribution in [3.8, 4) is 0 Å². The summed E-state index contributed by atoms with van der Waals surface area (Å²) in [5.41, 5.74) is 2.46. The van der Waals surface area contributed by atoms with Crippen molar-refractivity contribution in [2.75, 3.05) is 0 Å². The summed E-state index contributed by atoms with van der Waals surface area (Å²) in [6.07, 6.45) is 1.86. The quantitative estimate of drug-likeness (QED) is 0.739. The van der Waals surface area contributed by atoms with Crippen LogP contribution in [0, 0.1) is 0 Å². The van der Waals surface area contributed by atoms with Crippen molar-refractivity contribution in [2.45, 2.75) is 45.4 Å². The molecule has 0 aromatic heterocycles. The molecular formula is C14H17BClNO2. The van der Waals surface area contributed by atoms with Crippen LogP contribution in [-0.4, -0.2) is 24.5 Å². The topological polar surface area (TPSA) is 30.8 Å². The van der Waals surface area contributed by atoms with Crippen molar-refractivity contribution in [1.82, 2.24) is 0 Å². The molecule has 1 fully saturated rings. The molecule has 2 aliphatic heterocycles. The molecule has 1 aromatic carbocycles. The van der Waals surface area contributed by atoms with E-state index < -0.39 is 7.12 Å². The maximum absolute atomic E-state index is 6.35. The highest BCUT2D eigenvalue weighted by molar-refractivity contribution is 6.65. The Morgan fingerprint density at radius 2 is 1.79 bits per heavy atom. The molecule has 0 aliphatic carbocycles. The van der Waals surface area contributed by atoms with E-state index in [-0.39, 0.29) is 11.2 Å². The van der Waals surface area contributed by atoms with Gasteiger partial charge >= 0.3 is 7.12 Å². The van der Waals surface area contributed by atoms with Crippen LogP contribution < -0.4 is 5.46 Å². The first-order valence-corrected chi connectivity index (χ1v) is 6.86. The van der Waals surface area contributed by atoms with Gasteiger partial charge in [-0.1, -0.05) is 17.7 Å². The molecule has 1 saturated heterocycles. The number of aliphatic imine (C=N–C) groups is 1. The zero-order valence-corrected chi connectivity index (χ0v) is 12.4. The Kier molecular flexibility index (Phi) is 2.82. The highest BCUT2D eigenvalue weighted by Gasteiger charge is 2.52. The normalized spacial score (nSPS) is 22.9. The summed E-state index contributed by atoms with van der Waals surface area (Å²) in [6.45, 7) is 8.86. The van der Waals surface area contributed by atoms with Crippen LogP contribution in [0.1, 0.15) is 38.8 Å². The van der Waals surface area contributed by atoms with E-state index in [1.807, 2.05) is 46.0 Å². The van der Waals surface area contributed by atoms with Gasteiger partial charge < -0.3 is 9.31 Å². The molecule has 2 heterocycles. The molecule has 100 valence electrons. The zero-order chi connectivity index (χ0) is 13.8. The molecule has 3 rings (SSSR count). The minimum absolute atomic E-state index is 0.351. The number of halogens is 1. The van der Waals surface area contributed by atoms with Crippen molar-refractivity contribution in [3.05, 3.63) is 28.3 Å². The molecular weight excluding hydrogens is 260 g/mol. The number of rotatable bonds is 1. The molecule has 0 amide bonds. The van der Waals surface area contributed by atoms with Crippen LogP contribution >= 0.6 is 11.6 Å². The summed E-state index contributed by atoms with van der Waals surface area (Å²) in [5.74, 6) is 0. The van der Waals surface area contributed by atoms with Crippen LogP contribution in [0.5, 0.6) is 0 Å². The number of nitrogens with zero attached hydrogens (tertiary/aromatic N) is 1. The fraction of sp³-hybridized carbons (Fsp3) is 0.500. The van der Waals surface area contributed by atoms with Crippen LogP contribution in [-0.2, 0) is 15.9 Å². The molecule has 0 bridgehead atoms. The fourth-order valence-electron chi connectivity index (χ4n) is 2.30. The predicted octanol–water partition coefficient (Wildman–Crippen LogP) is 2.57. The molecule has 0 unspecified atom stereocenters. The van der Waals surface area contributed by atoms with Crippen molar-refractivity contribution in [3.63, 3.8) is 0 Å². The number of hydrogen-bond donors (Lipinski definition) is 0. The Bertz CT molecular complexity index is 553. The second-order valence-electron chi connectivity index (χ2n) is 6.13. The SMILES string of the molecule is CC1(C)OB(c2cc3c(cc2Cl)C=NC3)OC1(C)C. The molecule has 5 heteroatoms. The van der Waals surface area contributed by atoms with Gasteiger partial charge in [0.25, 0.3) is 0 Å². The Hall–Kier alpha value is -0.835. The highest BCUT2D eigenvalue weighted by Crippen LogP contribution is 2.37. The van der Waals surface area contributed by atoms with E-state index in [0.29, 0.717) is 11.6 Å². The second-order valence-corrected chi connectivity index (χ2v) is 6.54. The van der Waals surface area contributed by atoms with Crippen LogP contribution in [0.4, 0.5) is 0 Å². The fourth-order valence-corrected chi connectivity index (χ4v) is 2.56. The molecule has 0 saturated carbocycles. The summed E-state index contributed by atoms with van der Waals surface area (Å²) < 4.78 is 12.1. The molecule has 0 atom stereocenters. The molecule has 1 aromatic rings. The summed E-state index contributed by atoms with van der Waals surface area (Å²) in [7, 11) is -0.414. The van der Waals surface area contributed by atoms with Crippen LogP contribution in [0.25, 0.3) is 0 Å². The maximum atomic E-state index is 6.35. The first-order valence-electron chi connectivity index (χ1n) is 6.48. The van der Waals surface area contributed by atoms with Gasteiger partial charge in [-0.15, -0.1) is 0 Å². The van der Waals surface area contributed by atoms with Gasteiger partial charge in [0.15, 0.2) is 0 Å². The standard InChI is InChI=1S/C14H17BClNO2/c1-13(2)14(3,4)19-15(18-13)11-5-9-7-17-8-10(9)6-12(11)16/h5-6,8H,7H2,1-4H3. The van der Waals surface area contributed by atoms with Crippen molar-refractivity contribution in [2.24, 2.45) is 4.99 Å². The largest absolute Gasteiger partial charge is 0.496 e. The molecule has 0 N–H and O–H groups in total. The number of fused-ring (bicyclic) bond motifs is 1. The highest BCUT2D eigenvalue weighted by atomic mass is 35.5. The first kappa shape index (κ1) is 13.2. The summed E-state index contributed by atoms with van der Waals surface area (Å²) in [4.78, 5) is 4.25. The lowest BCUT2D eigenvalue weighted by Crippen LogP contribution is -2.41. The van der Waals surface area contributed by atoms with E-state index in [0.717, 1.165) is 11.0 Å². The Morgan fingerprint density at radius 3 is 2.42 bits per heavy atom. The van der Waals surface area contributed by atoms with Gasteiger partial charge in [-0.25, -0.2) is 0 Å². The Balaban J connectivity index is 1.97. The molecule has 2 aliphatic rings. The third-order valence-electron chi connectivity index (χ3n) is 4.26. The van der Waals surface area contributed by atoms with E-state index >= 15 is 0 Å². The van der Waals surface area contributed by atoms with E-state index in [2.05, 4.69) is 4.99 Å². The van der Waals surface area contributed by atoms with Crippen molar-refractivity contribution < 1.29 is 9.31 Å². The predicted molar refractivity (Wildman–Crippen MR) is 78.5 cm³/mol. The van der Waals surface area contributed by atoms with Gasteiger partial charge in [0, 0.05) is 16.7 Å².